The van der Waals surface area contributed by atoms with Gasteiger partial charge in [-0.15, -0.1) is 0 Å². The number of hydrogen-bond donors (Lipinski definition) is 1. The molecule has 0 saturated carbocycles. The van der Waals surface area contributed by atoms with Crippen molar-refractivity contribution in [2.24, 2.45) is 0 Å². The molecule has 1 aliphatic rings. The second-order valence-corrected chi connectivity index (χ2v) is 8.31. The average Bonchev–Trinajstić information content (AvgIpc) is 3.42. The van der Waals surface area contributed by atoms with Crippen molar-refractivity contribution in [3.63, 3.8) is 0 Å². The smallest absolute Gasteiger partial charge is 0.295 e. The van der Waals surface area contributed by atoms with Crippen LogP contribution in [0.1, 0.15) is 34.7 Å². The van der Waals surface area contributed by atoms with Crippen molar-refractivity contribution in [3.05, 3.63) is 99.1 Å². The Hall–Kier alpha value is -4.27. The largest absolute Gasteiger partial charge is 0.507 e. The average molecular weight is 460 g/mol. The van der Waals surface area contributed by atoms with Gasteiger partial charge in [-0.25, -0.2) is 4.98 Å². The Morgan fingerprint density at radius 2 is 1.85 bits per heavy atom. The number of likely N-dealkylation sites (tertiary alicyclic amines) is 1. The fraction of sp³-hybridized carbons (Fsp3) is 0.240. The van der Waals surface area contributed by atoms with E-state index in [4.69, 9.17) is 0 Å². The molecule has 174 valence electrons. The summed E-state index contributed by atoms with van der Waals surface area (Å²) in [6.07, 6.45) is 5.69. The minimum atomic E-state index is -0.858. The highest BCUT2D eigenvalue weighted by molar-refractivity contribution is 6.46. The first-order valence-electron chi connectivity index (χ1n) is 10.8. The van der Waals surface area contributed by atoms with Crippen molar-refractivity contribution in [2.75, 3.05) is 6.54 Å². The predicted molar refractivity (Wildman–Crippen MR) is 125 cm³/mol. The number of amides is 1. The maximum atomic E-state index is 13.1. The third-order valence-corrected chi connectivity index (χ3v) is 5.98. The Morgan fingerprint density at radius 3 is 2.50 bits per heavy atom. The van der Waals surface area contributed by atoms with Crippen molar-refractivity contribution in [1.29, 1.82) is 0 Å². The van der Waals surface area contributed by atoms with E-state index in [1.165, 1.54) is 29.2 Å². The van der Waals surface area contributed by atoms with Gasteiger partial charge < -0.3 is 14.6 Å². The molecule has 9 heteroatoms. The minimum absolute atomic E-state index is 0.0183. The Labute approximate surface area is 196 Å². The lowest BCUT2D eigenvalue weighted by molar-refractivity contribution is -0.384. The van der Waals surface area contributed by atoms with Crippen LogP contribution in [0.4, 0.5) is 5.69 Å². The number of aliphatic hydroxyl groups excluding tert-OH is 1. The molecule has 1 atom stereocenters. The summed E-state index contributed by atoms with van der Waals surface area (Å²) in [4.78, 5) is 42.2. The highest BCUT2D eigenvalue weighted by atomic mass is 16.6. The third-order valence-electron chi connectivity index (χ3n) is 5.98. The lowest BCUT2D eigenvalue weighted by Gasteiger charge is -2.25. The van der Waals surface area contributed by atoms with Crippen LogP contribution < -0.4 is 0 Å². The molecular formula is C25H24N4O5. The van der Waals surface area contributed by atoms with E-state index in [2.05, 4.69) is 4.98 Å². The van der Waals surface area contributed by atoms with Crippen LogP contribution in [0.3, 0.4) is 0 Å². The van der Waals surface area contributed by atoms with Crippen LogP contribution >= 0.6 is 0 Å². The summed E-state index contributed by atoms with van der Waals surface area (Å²) in [7, 11) is 0. The quantitative estimate of drug-likeness (QED) is 0.188. The molecule has 9 nitrogen and oxygen atoms in total. The summed E-state index contributed by atoms with van der Waals surface area (Å²) in [5.41, 5.74) is 2.53. The number of nitro benzene ring substituents is 1. The Bertz CT molecular complexity index is 1280. The van der Waals surface area contributed by atoms with Crippen molar-refractivity contribution in [3.8, 4) is 0 Å². The standard InChI is InChI=1S/C25H24N4O5/c1-16-4-5-17(2)20(14-16)23(30)21-22(18-6-8-19(9-7-18)29(33)34)28(25(32)24(21)31)12-3-11-27-13-10-26-15-27/h4-10,13-15,22,30H,3,11-12H2,1-2H3/b23-21+. The van der Waals surface area contributed by atoms with Crippen molar-refractivity contribution < 1.29 is 19.6 Å². The molecule has 1 fully saturated rings. The first kappa shape index (κ1) is 22.9. The molecule has 1 saturated heterocycles. The summed E-state index contributed by atoms with van der Waals surface area (Å²) < 4.78 is 1.87. The summed E-state index contributed by atoms with van der Waals surface area (Å²) in [5.74, 6) is -1.73. The van der Waals surface area contributed by atoms with E-state index in [0.717, 1.165) is 11.1 Å². The molecule has 1 aliphatic heterocycles. The number of aliphatic hydroxyl groups is 1. The van der Waals surface area contributed by atoms with E-state index < -0.39 is 22.7 Å². The monoisotopic (exact) mass is 460 g/mol. The lowest BCUT2D eigenvalue weighted by Crippen LogP contribution is -2.31. The van der Waals surface area contributed by atoms with E-state index >= 15 is 0 Å². The summed E-state index contributed by atoms with van der Waals surface area (Å²) in [5, 5.41) is 22.4. The van der Waals surface area contributed by atoms with Gasteiger partial charge in [-0.2, -0.15) is 0 Å². The van der Waals surface area contributed by atoms with E-state index in [-0.39, 0.29) is 23.6 Å². The molecule has 34 heavy (non-hydrogen) atoms. The second kappa shape index (κ2) is 9.30. The zero-order chi connectivity index (χ0) is 24.4. The minimum Gasteiger partial charge on any atom is -0.507 e. The first-order valence-corrected chi connectivity index (χ1v) is 10.8. The maximum Gasteiger partial charge on any atom is 0.295 e. The third kappa shape index (κ3) is 4.32. The number of aromatic nitrogens is 2. The van der Waals surface area contributed by atoms with Gasteiger partial charge in [-0.3, -0.25) is 19.7 Å². The molecule has 0 bridgehead atoms. The Kier molecular flexibility index (Phi) is 6.27. The molecule has 1 amide bonds. The zero-order valence-electron chi connectivity index (χ0n) is 18.8. The van der Waals surface area contributed by atoms with Gasteiger partial charge in [0.1, 0.15) is 5.76 Å². The second-order valence-electron chi connectivity index (χ2n) is 8.31. The topological polar surface area (TPSA) is 119 Å². The van der Waals surface area contributed by atoms with Gasteiger partial charge in [0, 0.05) is 43.2 Å². The fourth-order valence-corrected chi connectivity index (χ4v) is 4.21. The number of non-ortho nitro benzene ring substituents is 1. The molecule has 4 rings (SSSR count). The Morgan fingerprint density at radius 1 is 1.12 bits per heavy atom. The van der Waals surface area contributed by atoms with E-state index in [0.29, 0.717) is 24.1 Å². The highest BCUT2D eigenvalue weighted by Crippen LogP contribution is 2.40. The van der Waals surface area contributed by atoms with Gasteiger partial charge in [-0.05, 0) is 49.6 Å². The number of carbonyl (C=O) groups excluding carboxylic acids is 2. The zero-order valence-corrected chi connectivity index (χ0v) is 18.8. The number of carbonyl (C=O) groups is 2. The Balaban J connectivity index is 1.78. The van der Waals surface area contributed by atoms with Crippen LogP contribution in [0.5, 0.6) is 0 Å². The van der Waals surface area contributed by atoms with Crippen molar-refractivity contribution >= 4 is 23.1 Å². The molecule has 1 unspecified atom stereocenters. The summed E-state index contributed by atoms with van der Waals surface area (Å²) >= 11 is 0. The molecule has 1 N–H and O–H groups in total. The molecule has 2 aromatic carbocycles. The van der Waals surface area contributed by atoms with Crippen LogP contribution in [0, 0.1) is 24.0 Å². The summed E-state index contributed by atoms with van der Waals surface area (Å²) in [6, 6.07) is 10.4. The van der Waals surface area contributed by atoms with E-state index in [9.17, 15) is 24.8 Å². The molecule has 0 radical (unpaired) electrons. The number of hydrogen-bond acceptors (Lipinski definition) is 6. The number of nitro groups is 1. The number of rotatable bonds is 7. The molecule has 3 aromatic rings. The number of aryl methyl sites for hydroxylation is 3. The maximum absolute atomic E-state index is 13.1. The highest BCUT2D eigenvalue weighted by Gasteiger charge is 2.46. The van der Waals surface area contributed by atoms with Gasteiger partial charge >= 0.3 is 0 Å². The lowest BCUT2D eigenvalue weighted by atomic mass is 9.93. The van der Waals surface area contributed by atoms with Crippen LogP contribution in [-0.4, -0.2) is 42.7 Å². The van der Waals surface area contributed by atoms with Gasteiger partial charge in [0.2, 0.25) is 0 Å². The molecule has 0 spiro atoms. The molecule has 2 heterocycles. The normalized spacial score (nSPS) is 17.4. The number of benzene rings is 2. The number of nitrogens with zero attached hydrogens (tertiary/aromatic N) is 4. The molecule has 1 aromatic heterocycles. The van der Waals surface area contributed by atoms with E-state index in [1.807, 2.05) is 36.7 Å². The first-order chi connectivity index (χ1) is 16.3. The predicted octanol–water partition coefficient (Wildman–Crippen LogP) is 3.92. The van der Waals surface area contributed by atoms with Crippen molar-refractivity contribution in [2.45, 2.75) is 32.9 Å². The number of Topliss-reactive ketones (excluding diaryl/α,β-unsaturated/α-hetero) is 1. The fourth-order valence-electron chi connectivity index (χ4n) is 4.21. The van der Waals surface area contributed by atoms with Crippen LogP contribution in [-0.2, 0) is 16.1 Å². The molecule has 0 aliphatic carbocycles. The van der Waals surface area contributed by atoms with Crippen molar-refractivity contribution in [1.82, 2.24) is 14.5 Å². The van der Waals surface area contributed by atoms with Gasteiger partial charge in [0.05, 0.1) is 22.9 Å². The van der Waals surface area contributed by atoms with Gasteiger partial charge in [0.15, 0.2) is 0 Å². The van der Waals surface area contributed by atoms with Gasteiger partial charge in [-0.1, -0.05) is 17.7 Å². The van der Waals surface area contributed by atoms with Gasteiger partial charge in [0.25, 0.3) is 17.4 Å². The SMILES string of the molecule is Cc1ccc(C)c(/C(O)=C2\C(=O)C(=O)N(CCCn3ccnc3)C2c2ccc([N+](=O)[O-])cc2)c1. The summed E-state index contributed by atoms with van der Waals surface area (Å²) in [6.45, 7) is 4.54. The van der Waals surface area contributed by atoms with E-state index in [1.54, 1.807) is 18.6 Å². The number of imidazole rings is 1. The number of ketones is 1. The van der Waals surface area contributed by atoms with Crippen LogP contribution in [0.15, 0.2) is 66.8 Å². The molecular weight excluding hydrogens is 436 g/mol. The van der Waals surface area contributed by atoms with Crippen LogP contribution in [0.2, 0.25) is 0 Å². The van der Waals surface area contributed by atoms with Crippen LogP contribution in [0.25, 0.3) is 5.76 Å².